The van der Waals surface area contributed by atoms with Crippen molar-refractivity contribution >= 4 is 11.6 Å². The van der Waals surface area contributed by atoms with E-state index in [9.17, 15) is 4.79 Å². The number of amides is 1. The number of hydrogen-bond donors (Lipinski definition) is 1. The van der Waals surface area contributed by atoms with E-state index < -0.39 is 5.66 Å². The van der Waals surface area contributed by atoms with Gasteiger partial charge in [0.05, 0.1) is 12.2 Å². The lowest BCUT2D eigenvalue weighted by atomic mass is 9.91. The molecule has 0 aliphatic carbocycles. The predicted molar refractivity (Wildman–Crippen MR) is 110 cm³/mol. The van der Waals surface area contributed by atoms with Crippen LogP contribution in [0.5, 0.6) is 5.75 Å². The molecule has 2 unspecified atom stereocenters. The quantitative estimate of drug-likeness (QED) is 0.667. The molecular weight excluding hydrogens is 336 g/mol. The lowest BCUT2D eigenvalue weighted by Crippen LogP contribution is -2.58. The van der Waals surface area contributed by atoms with Crippen LogP contribution in [0.15, 0.2) is 48.5 Å². The monoisotopic (exact) mass is 366 g/mol. The third-order valence-corrected chi connectivity index (χ3v) is 5.43. The van der Waals surface area contributed by atoms with Gasteiger partial charge in [-0.3, -0.25) is 4.79 Å². The van der Waals surface area contributed by atoms with Gasteiger partial charge in [0.2, 0.25) is 0 Å². The normalized spacial score (nSPS) is 20.0. The first-order valence-electron chi connectivity index (χ1n) is 9.95. The Morgan fingerprint density at radius 1 is 1.15 bits per heavy atom. The van der Waals surface area contributed by atoms with Crippen LogP contribution < -0.4 is 10.1 Å². The first-order valence-corrected chi connectivity index (χ1v) is 9.95. The number of fused-ring (bicyclic) bond motifs is 1. The smallest absolute Gasteiger partial charge is 0.258 e. The van der Waals surface area contributed by atoms with Gasteiger partial charge in [-0.15, -0.1) is 0 Å². The molecule has 1 aliphatic rings. The lowest BCUT2D eigenvalue weighted by molar-refractivity contribution is 0.0399. The number of nitrogens with zero attached hydrogens (tertiary/aromatic N) is 1. The van der Waals surface area contributed by atoms with Crippen molar-refractivity contribution in [2.75, 3.05) is 11.9 Å². The molecule has 0 fully saturated rings. The molecule has 0 aromatic heterocycles. The van der Waals surface area contributed by atoms with Gasteiger partial charge in [-0.05, 0) is 51.0 Å². The van der Waals surface area contributed by atoms with Gasteiger partial charge in [-0.2, -0.15) is 0 Å². The molecule has 2 aromatic rings. The fraction of sp³-hybridized carbons (Fsp3) is 0.435. The second kappa shape index (κ2) is 8.03. The summed E-state index contributed by atoms with van der Waals surface area (Å²) in [4.78, 5) is 15.3. The van der Waals surface area contributed by atoms with Crippen LogP contribution >= 0.6 is 0 Å². The summed E-state index contributed by atoms with van der Waals surface area (Å²) in [5.74, 6) is 0.915. The fourth-order valence-corrected chi connectivity index (χ4v) is 3.69. The van der Waals surface area contributed by atoms with E-state index in [0.29, 0.717) is 6.61 Å². The van der Waals surface area contributed by atoms with E-state index in [4.69, 9.17) is 4.74 Å². The molecule has 27 heavy (non-hydrogen) atoms. The van der Waals surface area contributed by atoms with Gasteiger partial charge in [0, 0.05) is 17.3 Å². The summed E-state index contributed by atoms with van der Waals surface area (Å²) in [5, 5.41) is 3.63. The molecule has 0 saturated heterocycles. The summed E-state index contributed by atoms with van der Waals surface area (Å²) in [5.41, 5.74) is 2.00. The lowest BCUT2D eigenvalue weighted by Gasteiger charge is -2.49. The topological polar surface area (TPSA) is 41.6 Å². The number of para-hydroxylation sites is 1. The number of nitrogens with one attached hydrogen (secondary N) is 1. The predicted octanol–water partition coefficient (Wildman–Crippen LogP) is 5.40. The number of ether oxygens (including phenoxy) is 1. The zero-order chi connectivity index (χ0) is 19.4. The van der Waals surface area contributed by atoms with Crippen molar-refractivity contribution in [1.82, 2.24) is 4.90 Å². The summed E-state index contributed by atoms with van der Waals surface area (Å²) in [6, 6.07) is 16.0. The van der Waals surface area contributed by atoms with Crippen LogP contribution in [0.3, 0.4) is 0 Å². The minimum absolute atomic E-state index is 0.0681. The van der Waals surface area contributed by atoms with Crippen LogP contribution in [0.4, 0.5) is 5.69 Å². The summed E-state index contributed by atoms with van der Waals surface area (Å²) >= 11 is 0. The molecule has 0 spiro atoms. The van der Waals surface area contributed by atoms with E-state index in [-0.39, 0.29) is 11.9 Å². The van der Waals surface area contributed by atoms with Gasteiger partial charge in [0.15, 0.2) is 0 Å². The highest BCUT2D eigenvalue weighted by Gasteiger charge is 2.44. The van der Waals surface area contributed by atoms with Crippen LogP contribution in [0.2, 0.25) is 0 Å². The maximum Gasteiger partial charge on any atom is 0.258 e. The molecule has 2 aromatic carbocycles. The van der Waals surface area contributed by atoms with Crippen LogP contribution in [0, 0.1) is 0 Å². The van der Waals surface area contributed by atoms with E-state index in [2.05, 4.69) is 45.1 Å². The van der Waals surface area contributed by atoms with Gasteiger partial charge in [-0.1, -0.05) is 44.5 Å². The van der Waals surface area contributed by atoms with Crippen LogP contribution in [0.1, 0.15) is 62.9 Å². The van der Waals surface area contributed by atoms with Crippen molar-refractivity contribution in [1.29, 1.82) is 0 Å². The van der Waals surface area contributed by atoms with Crippen LogP contribution in [0.25, 0.3) is 0 Å². The number of carbonyl (C=O) groups excluding carboxylic acids is 1. The second-order valence-electron chi connectivity index (χ2n) is 7.41. The summed E-state index contributed by atoms with van der Waals surface area (Å²) in [6.07, 6.45) is 3.02. The van der Waals surface area contributed by atoms with E-state index in [1.165, 1.54) is 0 Å². The number of carbonyl (C=O) groups is 1. The van der Waals surface area contributed by atoms with Gasteiger partial charge in [-0.25, -0.2) is 0 Å². The van der Waals surface area contributed by atoms with Crippen LogP contribution in [-0.4, -0.2) is 23.5 Å². The van der Waals surface area contributed by atoms with Gasteiger partial charge in [0.25, 0.3) is 5.91 Å². The van der Waals surface area contributed by atoms with Crippen molar-refractivity contribution in [3.63, 3.8) is 0 Å². The Hall–Kier alpha value is -2.49. The van der Waals surface area contributed by atoms with E-state index in [1.54, 1.807) is 0 Å². The maximum absolute atomic E-state index is 13.4. The van der Waals surface area contributed by atoms with Crippen molar-refractivity contribution in [2.24, 2.45) is 0 Å². The maximum atomic E-state index is 13.4. The summed E-state index contributed by atoms with van der Waals surface area (Å²) < 4.78 is 5.91. The molecule has 4 heteroatoms. The fourth-order valence-electron chi connectivity index (χ4n) is 3.69. The zero-order valence-corrected chi connectivity index (χ0v) is 16.8. The van der Waals surface area contributed by atoms with Gasteiger partial charge in [0.1, 0.15) is 11.4 Å². The molecule has 2 atom stereocenters. The molecule has 1 N–H and O–H groups in total. The third-order valence-electron chi connectivity index (χ3n) is 5.43. The molecule has 1 aliphatic heterocycles. The Balaban J connectivity index is 2.03. The Morgan fingerprint density at radius 2 is 1.93 bits per heavy atom. The first kappa shape index (κ1) is 19.3. The molecule has 144 valence electrons. The third kappa shape index (κ3) is 3.66. The van der Waals surface area contributed by atoms with Gasteiger partial charge >= 0.3 is 0 Å². The Morgan fingerprint density at radius 3 is 2.67 bits per heavy atom. The van der Waals surface area contributed by atoms with E-state index in [0.717, 1.165) is 41.8 Å². The van der Waals surface area contributed by atoms with E-state index in [1.807, 2.05) is 41.3 Å². The average Bonchev–Trinajstić information content (AvgIpc) is 2.68. The number of anilines is 1. The minimum atomic E-state index is -0.634. The average molecular weight is 367 g/mol. The number of benzene rings is 2. The van der Waals surface area contributed by atoms with E-state index >= 15 is 0 Å². The Kier molecular flexibility index (Phi) is 5.73. The molecule has 3 rings (SSSR count). The highest BCUT2D eigenvalue weighted by Crippen LogP contribution is 2.40. The standard InChI is InChI=1S/C23H30N2O2/c1-5-7-15-27-19-12-10-11-18(16-19)23(4)24-21-14-9-8-13-20(21)22(26)25(23)17(3)6-2/h8-14,16-17,24H,5-7,15H2,1-4H3. The molecule has 0 bridgehead atoms. The van der Waals surface area contributed by atoms with Crippen LogP contribution in [-0.2, 0) is 5.66 Å². The summed E-state index contributed by atoms with van der Waals surface area (Å²) in [6.45, 7) is 9.16. The number of unbranched alkanes of at least 4 members (excludes halogenated alkanes) is 1. The molecule has 1 amide bonds. The highest BCUT2D eigenvalue weighted by atomic mass is 16.5. The van der Waals surface area contributed by atoms with Crippen molar-refractivity contribution in [3.8, 4) is 5.75 Å². The van der Waals surface area contributed by atoms with Crippen molar-refractivity contribution in [3.05, 3.63) is 59.7 Å². The van der Waals surface area contributed by atoms with Crippen molar-refractivity contribution in [2.45, 2.75) is 58.7 Å². The molecule has 1 heterocycles. The highest BCUT2D eigenvalue weighted by molar-refractivity contribution is 6.02. The first-order chi connectivity index (χ1) is 13.0. The SMILES string of the molecule is CCCCOc1cccc(C2(C)Nc3ccccc3C(=O)N2C(C)CC)c1. The largest absolute Gasteiger partial charge is 0.494 e. The molecule has 4 nitrogen and oxygen atoms in total. The second-order valence-corrected chi connectivity index (χ2v) is 7.41. The minimum Gasteiger partial charge on any atom is -0.494 e. The molecule has 0 radical (unpaired) electrons. The zero-order valence-electron chi connectivity index (χ0n) is 16.8. The molecule has 0 saturated carbocycles. The number of hydrogen-bond acceptors (Lipinski definition) is 3. The van der Waals surface area contributed by atoms with Gasteiger partial charge < -0.3 is 15.0 Å². The molecular formula is C23H30N2O2. The summed E-state index contributed by atoms with van der Waals surface area (Å²) in [7, 11) is 0. The Bertz CT molecular complexity index is 804. The number of rotatable bonds is 7. The van der Waals surface area contributed by atoms with Crippen molar-refractivity contribution < 1.29 is 9.53 Å². The Labute approximate surface area is 162 Å².